The Balaban J connectivity index is 1.58. The van der Waals surface area contributed by atoms with Gasteiger partial charge in [-0.1, -0.05) is 0 Å². The summed E-state index contributed by atoms with van der Waals surface area (Å²) in [5.74, 6) is 0.989. The Bertz CT molecular complexity index is 452. The van der Waals surface area contributed by atoms with E-state index in [4.69, 9.17) is 9.47 Å². The predicted molar refractivity (Wildman–Crippen MR) is 85.3 cm³/mol. The number of rotatable bonds is 4. The average Bonchev–Trinajstić information content (AvgIpc) is 2.55. The maximum Gasteiger partial charge on any atom is 0.122 e. The molecule has 0 saturated carbocycles. The van der Waals surface area contributed by atoms with E-state index in [1.54, 1.807) is 0 Å². The van der Waals surface area contributed by atoms with E-state index in [9.17, 15) is 0 Å². The maximum absolute atomic E-state index is 5.96. The molecule has 2 aliphatic rings. The average molecular weight is 290 g/mol. The molecule has 21 heavy (non-hydrogen) atoms. The molecule has 0 radical (unpaired) electrons. The van der Waals surface area contributed by atoms with Crippen molar-refractivity contribution < 1.29 is 9.47 Å². The zero-order chi connectivity index (χ0) is 14.5. The fourth-order valence-corrected chi connectivity index (χ4v) is 3.04. The van der Waals surface area contributed by atoms with Crippen molar-refractivity contribution >= 4 is 5.69 Å². The lowest BCUT2D eigenvalue weighted by atomic mass is 10.1. The first-order valence-corrected chi connectivity index (χ1v) is 8.13. The van der Waals surface area contributed by atoms with Crippen molar-refractivity contribution in [3.8, 4) is 5.75 Å². The zero-order valence-corrected chi connectivity index (χ0v) is 12.9. The van der Waals surface area contributed by atoms with Crippen molar-refractivity contribution in [1.29, 1.82) is 0 Å². The molecule has 0 spiro atoms. The molecule has 1 aromatic carbocycles. The lowest BCUT2D eigenvalue weighted by molar-refractivity contribution is -0.0111. The van der Waals surface area contributed by atoms with Crippen LogP contribution in [0.5, 0.6) is 5.75 Å². The van der Waals surface area contributed by atoms with Crippen LogP contribution in [0.25, 0.3) is 0 Å². The lowest BCUT2D eigenvalue weighted by Gasteiger charge is -2.30. The highest BCUT2D eigenvalue weighted by atomic mass is 16.5. The normalized spacial score (nSPS) is 23.1. The van der Waals surface area contributed by atoms with Crippen molar-refractivity contribution in [2.24, 2.45) is 0 Å². The van der Waals surface area contributed by atoms with Gasteiger partial charge in [0, 0.05) is 38.5 Å². The molecule has 4 heteroatoms. The largest absolute Gasteiger partial charge is 0.491 e. The topological polar surface area (TPSA) is 33.7 Å². The first kappa shape index (κ1) is 14.7. The van der Waals surface area contributed by atoms with Crippen LogP contribution in [-0.4, -0.2) is 45.5 Å². The molecule has 1 aromatic rings. The van der Waals surface area contributed by atoms with Crippen LogP contribution in [0.3, 0.4) is 0 Å². The second-order valence-electron chi connectivity index (χ2n) is 5.99. The molecule has 1 N–H and O–H groups in total. The van der Waals surface area contributed by atoms with Crippen LogP contribution < -0.4 is 15.0 Å². The standard InChI is InChI=1S/C17H26N2O2/c1-14-12-15(19-9-7-18-8-10-19)5-6-17(14)21-13-16-4-2-3-11-20-16/h5-6,12,16,18H,2-4,7-11,13H2,1H3. The highest BCUT2D eigenvalue weighted by Crippen LogP contribution is 2.25. The molecule has 4 nitrogen and oxygen atoms in total. The van der Waals surface area contributed by atoms with Crippen LogP contribution in [0.15, 0.2) is 18.2 Å². The van der Waals surface area contributed by atoms with Gasteiger partial charge in [0.15, 0.2) is 0 Å². The SMILES string of the molecule is Cc1cc(N2CCNCC2)ccc1OCC1CCCCO1. The molecule has 3 rings (SSSR count). The molecule has 0 bridgehead atoms. The molecule has 116 valence electrons. The van der Waals surface area contributed by atoms with Gasteiger partial charge in [0.2, 0.25) is 0 Å². The summed E-state index contributed by atoms with van der Waals surface area (Å²) in [7, 11) is 0. The monoisotopic (exact) mass is 290 g/mol. The summed E-state index contributed by atoms with van der Waals surface area (Å²) in [6, 6.07) is 6.52. The molecular weight excluding hydrogens is 264 g/mol. The van der Waals surface area contributed by atoms with E-state index in [1.165, 1.54) is 24.1 Å². The zero-order valence-electron chi connectivity index (χ0n) is 12.9. The first-order chi connectivity index (χ1) is 10.3. The lowest BCUT2D eigenvalue weighted by Crippen LogP contribution is -2.43. The summed E-state index contributed by atoms with van der Waals surface area (Å²) in [5.41, 5.74) is 2.51. The Hall–Kier alpha value is -1.26. The number of anilines is 1. The molecule has 2 aliphatic heterocycles. The molecule has 1 atom stereocenters. The molecule has 2 heterocycles. The molecule has 2 fully saturated rings. The number of benzene rings is 1. The molecular formula is C17H26N2O2. The van der Waals surface area contributed by atoms with Gasteiger partial charge in [-0.15, -0.1) is 0 Å². The van der Waals surface area contributed by atoms with Crippen LogP contribution in [0, 0.1) is 6.92 Å². The van der Waals surface area contributed by atoms with Crippen LogP contribution in [0.1, 0.15) is 24.8 Å². The number of ether oxygens (including phenoxy) is 2. The quantitative estimate of drug-likeness (QED) is 0.923. The van der Waals surface area contributed by atoms with Gasteiger partial charge in [0.05, 0.1) is 6.10 Å². The Morgan fingerprint density at radius 1 is 1.29 bits per heavy atom. The predicted octanol–water partition coefficient (Wildman–Crippen LogP) is 2.35. The van der Waals surface area contributed by atoms with Crippen molar-refractivity contribution in [2.45, 2.75) is 32.3 Å². The van der Waals surface area contributed by atoms with Gasteiger partial charge in [-0.25, -0.2) is 0 Å². The van der Waals surface area contributed by atoms with Gasteiger partial charge in [-0.3, -0.25) is 0 Å². The van der Waals surface area contributed by atoms with Crippen LogP contribution in [-0.2, 0) is 4.74 Å². The van der Waals surface area contributed by atoms with Crippen LogP contribution in [0.2, 0.25) is 0 Å². The summed E-state index contributed by atoms with van der Waals surface area (Å²) >= 11 is 0. The van der Waals surface area contributed by atoms with E-state index in [1.807, 2.05) is 0 Å². The third-order valence-corrected chi connectivity index (χ3v) is 4.34. The summed E-state index contributed by atoms with van der Waals surface area (Å²) in [4.78, 5) is 2.43. The van der Waals surface area contributed by atoms with Gasteiger partial charge >= 0.3 is 0 Å². The number of hydrogen-bond acceptors (Lipinski definition) is 4. The van der Waals surface area contributed by atoms with E-state index in [0.717, 1.165) is 45.0 Å². The van der Waals surface area contributed by atoms with Crippen molar-refractivity contribution in [3.63, 3.8) is 0 Å². The van der Waals surface area contributed by atoms with Gasteiger partial charge in [0.1, 0.15) is 12.4 Å². The van der Waals surface area contributed by atoms with Crippen molar-refractivity contribution in [1.82, 2.24) is 5.32 Å². The summed E-state index contributed by atoms with van der Waals surface area (Å²) < 4.78 is 11.7. The number of piperazine rings is 1. The van der Waals surface area contributed by atoms with Gasteiger partial charge in [-0.2, -0.15) is 0 Å². The van der Waals surface area contributed by atoms with Crippen molar-refractivity contribution in [3.05, 3.63) is 23.8 Å². The molecule has 1 unspecified atom stereocenters. The van der Waals surface area contributed by atoms with Gasteiger partial charge in [-0.05, 0) is 49.9 Å². The fourth-order valence-electron chi connectivity index (χ4n) is 3.04. The van der Waals surface area contributed by atoms with Crippen LogP contribution in [0.4, 0.5) is 5.69 Å². The third-order valence-electron chi connectivity index (χ3n) is 4.34. The Labute approximate surface area is 127 Å². The fraction of sp³-hybridized carbons (Fsp3) is 0.647. The number of hydrogen-bond donors (Lipinski definition) is 1. The van der Waals surface area contributed by atoms with E-state index in [0.29, 0.717) is 6.61 Å². The summed E-state index contributed by atoms with van der Waals surface area (Å²) in [6.07, 6.45) is 3.84. The molecule has 0 aliphatic carbocycles. The second-order valence-corrected chi connectivity index (χ2v) is 5.99. The minimum absolute atomic E-state index is 0.269. The highest BCUT2D eigenvalue weighted by Gasteiger charge is 2.16. The molecule has 0 aromatic heterocycles. The molecule has 2 saturated heterocycles. The van der Waals surface area contributed by atoms with E-state index in [2.05, 4.69) is 35.3 Å². The molecule has 0 amide bonds. The van der Waals surface area contributed by atoms with Gasteiger partial charge < -0.3 is 19.7 Å². The number of nitrogens with one attached hydrogen (secondary N) is 1. The smallest absolute Gasteiger partial charge is 0.122 e. The van der Waals surface area contributed by atoms with Crippen molar-refractivity contribution in [2.75, 3.05) is 44.3 Å². The highest BCUT2D eigenvalue weighted by molar-refractivity contribution is 5.53. The van der Waals surface area contributed by atoms with E-state index >= 15 is 0 Å². The Morgan fingerprint density at radius 3 is 2.86 bits per heavy atom. The van der Waals surface area contributed by atoms with E-state index in [-0.39, 0.29) is 6.10 Å². The number of aryl methyl sites for hydroxylation is 1. The van der Waals surface area contributed by atoms with Gasteiger partial charge in [0.25, 0.3) is 0 Å². The first-order valence-electron chi connectivity index (χ1n) is 8.13. The second kappa shape index (κ2) is 7.14. The Morgan fingerprint density at radius 2 is 2.14 bits per heavy atom. The Kier molecular flexibility index (Phi) is 4.99. The minimum atomic E-state index is 0.269. The van der Waals surface area contributed by atoms with E-state index < -0.39 is 0 Å². The summed E-state index contributed by atoms with van der Waals surface area (Å²) in [5, 5.41) is 3.39. The minimum Gasteiger partial charge on any atom is -0.491 e. The number of nitrogens with zero attached hydrogens (tertiary/aromatic N) is 1. The van der Waals surface area contributed by atoms with Crippen LogP contribution >= 0.6 is 0 Å². The summed E-state index contributed by atoms with van der Waals surface area (Å²) in [6.45, 7) is 7.98. The third kappa shape index (κ3) is 3.89. The maximum atomic E-state index is 5.96.